The third-order valence-electron chi connectivity index (χ3n) is 3.52. The molecule has 0 bridgehead atoms. The summed E-state index contributed by atoms with van der Waals surface area (Å²) in [6.45, 7) is 4.67. The molecule has 1 aromatic rings. The lowest BCUT2D eigenvalue weighted by molar-refractivity contribution is 0.212. The fourth-order valence-corrected chi connectivity index (χ4v) is 2.05. The maximum atomic E-state index is 9.32. The van der Waals surface area contributed by atoms with E-state index in [1.807, 2.05) is 13.8 Å². The maximum absolute atomic E-state index is 9.32. The van der Waals surface area contributed by atoms with Gasteiger partial charge in [0.15, 0.2) is 5.75 Å². The van der Waals surface area contributed by atoms with Crippen LogP contribution in [0.25, 0.3) is 0 Å². The van der Waals surface area contributed by atoms with E-state index in [1.165, 1.54) is 19.3 Å². The van der Waals surface area contributed by atoms with Gasteiger partial charge in [-0.15, -0.1) is 0 Å². The van der Waals surface area contributed by atoms with Crippen molar-refractivity contribution in [1.82, 2.24) is 9.97 Å². The van der Waals surface area contributed by atoms with E-state index in [2.05, 4.69) is 9.97 Å². The molecule has 2 rings (SSSR count). The van der Waals surface area contributed by atoms with Gasteiger partial charge in [0.1, 0.15) is 11.5 Å². The largest absolute Gasteiger partial charge is 0.490 e. The Morgan fingerprint density at radius 2 is 2.22 bits per heavy atom. The number of nitrogens with zero attached hydrogens (tertiary/aromatic N) is 2. The fraction of sp³-hybridized carbons (Fsp3) is 0.714. The van der Waals surface area contributed by atoms with Crippen LogP contribution in [0.4, 0.5) is 0 Å². The lowest BCUT2D eigenvalue weighted by atomic mass is 9.83. The molecule has 18 heavy (non-hydrogen) atoms. The van der Waals surface area contributed by atoms with Gasteiger partial charge in [0.2, 0.25) is 0 Å². The summed E-state index contributed by atoms with van der Waals surface area (Å²) in [7, 11) is 0. The molecule has 0 spiro atoms. The van der Waals surface area contributed by atoms with E-state index >= 15 is 0 Å². The first-order chi connectivity index (χ1) is 8.70. The second-order valence-corrected chi connectivity index (χ2v) is 5.29. The van der Waals surface area contributed by atoms with Gasteiger partial charge in [-0.2, -0.15) is 0 Å². The Labute approximate surface area is 108 Å². The molecule has 1 N–H and O–H groups in total. The first-order valence-corrected chi connectivity index (χ1v) is 6.80. The van der Waals surface area contributed by atoms with Crippen LogP contribution in [0.1, 0.15) is 57.0 Å². The summed E-state index contributed by atoms with van der Waals surface area (Å²) in [4.78, 5) is 8.61. The average Bonchev–Trinajstić information content (AvgIpc) is 2.32. The van der Waals surface area contributed by atoms with Gasteiger partial charge >= 0.3 is 0 Å². The fourth-order valence-electron chi connectivity index (χ4n) is 2.05. The molecule has 1 aliphatic rings. The molecule has 0 radical (unpaired) electrons. The van der Waals surface area contributed by atoms with Gasteiger partial charge in [-0.1, -0.05) is 33.1 Å². The molecule has 1 fully saturated rings. The van der Waals surface area contributed by atoms with Crippen LogP contribution < -0.4 is 4.74 Å². The van der Waals surface area contributed by atoms with Crippen molar-refractivity contribution in [3.8, 4) is 5.75 Å². The molecule has 1 aromatic heterocycles. The van der Waals surface area contributed by atoms with Crippen molar-refractivity contribution in [3.05, 3.63) is 17.7 Å². The Hall–Kier alpha value is -1.16. The summed E-state index contributed by atoms with van der Waals surface area (Å²) in [5.74, 6) is 2.48. The molecule has 4 heteroatoms. The van der Waals surface area contributed by atoms with Crippen LogP contribution in [-0.2, 0) is 6.61 Å². The summed E-state index contributed by atoms with van der Waals surface area (Å²) >= 11 is 0. The second-order valence-electron chi connectivity index (χ2n) is 5.29. The van der Waals surface area contributed by atoms with E-state index in [9.17, 15) is 5.11 Å². The van der Waals surface area contributed by atoms with E-state index in [0.29, 0.717) is 18.1 Å². The molecule has 0 amide bonds. The van der Waals surface area contributed by atoms with Gasteiger partial charge < -0.3 is 9.84 Å². The van der Waals surface area contributed by atoms with E-state index < -0.39 is 0 Å². The van der Waals surface area contributed by atoms with E-state index in [1.54, 1.807) is 6.20 Å². The summed E-state index contributed by atoms with van der Waals surface area (Å²) in [5, 5.41) is 9.32. The predicted octanol–water partition coefficient (Wildman–Crippen LogP) is 2.66. The Bertz CT molecular complexity index is 389. The Balaban J connectivity index is 1.93. The van der Waals surface area contributed by atoms with Gasteiger partial charge in [-0.3, -0.25) is 0 Å². The zero-order valence-electron chi connectivity index (χ0n) is 11.2. The molecule has 1 saturated carbocycles. The van der Waals surface area contributed by atoms with Crippen LogP contribution in [0.5, 0.6) is 5.75 Å². The Morgan fingerprint density at radius 1 is 1.44 bits per heavy atom. The molecular weight excluding hydrogens is 228 g/mol. The van der Waals surface area contributed by atoms with E-state index in [0.717, 1.165) is 18.2 Å². The van der Waals surface area contributed by atoms with Crippen molar-refractivity contribution >= 4 is 0 Å². The van der Waals surface area contributed by atoms with Crippen LogP contribution in [0.2, 0.25) is 0 Å². The van der Waals surface area contributed by atoms with Crippen molar-refractivity contribution < 1.29 is 9.84 Å². The van der Waals surface area contributed by atoms with Crippen molar-refractivity contribution in [2.45, 2.75) is 52.1 Å². The molecule has 4 nitrogen and oxygen atoms in total. The van der Waals surface area contributed by atoms with Gasteiger partial charge in [0.05, 0.1) is 19.4 Å². The highest BCUT2D eigenvalue weighted by Crippen LogP contribution is 2.29. The normalized spacial score (nSPS) is 15.8. The quantitative estimate of drug-likeness (QED) is 0.843. The molecule has 0 unspecified atom stereocenters. The lowest BCUT2D eigenvalue weighted by Gasteiger charge is -2.25. The van der Waals surface area contributed by atoms with Crippen LogP contribution in [0.15, 0.2) is 6.20 Å². The van der Waals surface area contributed by atoms with Crippen molar-refractivity contribution in [3.63, 3.8) is 0 Å². The molecular formula is C14H22N2O2. The molecule has 0 aromatic carbocycles. The predicted molar refractivity (Wildman–Crippen MR) is 69.5 cm³/mol. The minimum atomic E-state index is -0.0962. The van der Waals surface area contributed by atoms with Crippen molar-refractivity contribution in [2.24, 2.45) is 5.92 Å². The highest BCUT2D eigenvalue weighted by atomic mass is 16.5. The van der Waals surface area contributed by atoms with Crippen LogP contribution in [0.3, 0.4) is 0 Å². The number of aliphatic hydroxyl groups excluding tert-OH is 1. The van der Waals surface area contributed by atoms with Crippen molar-refractivity contribution in [1.29, 1.82) is 0 Å². The number of aromatic nitrogens is 2. The smallest absolute Gasteiger partial charge is 0.161 e. The number of hydrogen-bond donors (Lipinski definition) is 1. The average molecular weight is 250 g/mol. The number of rotatable bonds is 6. The number of hydrogen-bond acceptors (Lipinski definition) is 4. The Kier molecular flexibility index (Phi) is 4.53. The first kappa shape index (κ1) is 13.3. The van der Waals surface area contributed by atoms with Crippen LogP contribution in [-0.4, -0.2) is 21.7 Å². The van der Waals surface area contributed by atoms with Crippen LogP contribution >= 0.6 is 0 Å². The van der Waals surface area contributed by atoms with Crippen molar-refractivity contribution in [2.75, 3.05) is 6.61 Å². The minimum Gasteiger partial charge on any atom is -0.490 e. The SMILES string of the molecule is CC(C)c1ncc(OCCC2CCC2)c(CO)n1. The zero-order chi connectivity index (χ0) is 13.0. The van der Waals surface area contributed by atoms with Gasteiger partial charge in [-0.05, 0) is 12.3 Å². The number of aliphatic hydroxyl groups is 1. The summed E-state index contributed by atoms with van der Waals surface area (Å²) in [6, 6.07) is 0. The van der Waals surface area contributed by atoms with Gasteiger partial charge in [-0.25, -0.2) is 9.97 Å². The third-order valence-corrected chi connectivity index (χ3v) is 3.52. The van der Waals surface area contributed by atoms with E-state index in [-0.39, 0.29) is 12.5 Å². The minimum absolute atomic E-state index is 0.0962. The highest BCUT2D eigenvalue weighted by molar-refractivity contribution is 5.24. The molecule has 1 aliphatic carbocycles. The molecule has 0 saturated heterocycles. The Morgan fingerprint density at radius 3 is 2.78 bits per heavy atom. The molecule has 1 heterocycles. The summed E-state index contributed by atoms with van der Waals surface area (Å²) in [5.41, 5.74) is 0.599. The van der Waals surface area contributed by atoms with E-state index in [4.69, 9.17) is 4.74 Å². The second kappa shape index (κ2) is 6.14. The molecule has 0 aliphatic heterocycles. The highest BCUT2D eigenvalue weighted by Gasteiger charge is 2.17. The van der Waals surface area contributed by atoms with Gasteiger partial charge in [0, 0.05) is 5.92 Å². The zero-order valence-corrected chi connectivity index (χ0v) is 11.2. The third kappa shape index (κ3) is 3.19. The topological polar surface area (TPSA) is 55.2 Å². The van der Waals surface area contributed by atoms with Crippen LogP contribution in [0, 0.1) is 5.92 Å². The molecule has 100 valence electrons. The summed E-state index contributed by atoms with van der Waals surface area (Å²) in [6.07, 6.45) is 6.81. The lowest BCUT2D eigenvalue weighted by Crippen LogP contribution is -2.15. The summed E-state index contributed by atoms with van der Waals surface area (Å²) < 4.78 is 5.68. The number of ether oxygens (including phenoxy) is 1. The monoisotopic (exact) mass is 250 g/mol. The standard InChI is InChI=1S/C14H22N2O2/c1-10(2)14-15-8-13(12(9-17)16-14)18-7-6-11-4-3-5-11/h8,10-11,17H,3-7,9H2,1-2H3. The first-order valence-electron chi connectivity index (χ1n) is 6.80. The van der Waals surface area contributed by atoms with Gasteiger partial charge in [0.25, 0.3) is 0 Å². The maximum Gasteiger partial charge on any atom is 0.161 e. The molecule has 0 atom stereocenters.